The maximum atomic E-state index is 12.8. The fourth-order valence-corrected chi connectivity index (χ4v) is 3.41. The first kappa shape index (κ1) is 18.5. The summed E-state index contributed by atoms with van der Waals surface area (Å²) in [6, 6.07) is 0. The Kier molecular flexibility index (Phi) is 7.25. The molecule has 1 aliphatic rings. The van der Waals surface area contributed by atoms with Gasteiger partial charge in [-0.2, -0.15) is 0 Å². The van der Waals surface area contributed by atoms with Gasteiger partial charge >= 0.3 is 0 Å². The molecule has 1 unspecified atom stereocenters. The van der Waals surface area contributed by atoms with Gasteiger partial charge in [0.25, 0.3) is 0 Å². The predicted molar refractivity (Wildman–Crippen MR) is 88.3 cm³/mol. The number of nitrogens with zero attached hydrogens (tertiary/aromatic N) is 1. The Balaban J connectivity index is 3.16. The summed E-state index contributed by atoms with van der Waals surface area (Å²) in [6.07, 6.45) is 7.45. The van der Waals surface area contributed by atoms with Crippen LogP contribution >= 0.6 is 23.2 Å². The van der Waals surface area contributed by atoms with Crippen LogP contribution in [0.25, 0.3) is 0 Å². The van der Waals surface area contributed by atoms with Crippen LogP contribution in [0.5, 0.6) is 0 Å². The summed E-state index contributed by atoms with van der Waals surface area (Å²) in [7, 11) is 3.52. The Bertz CT molecular complexity index is 432. The maximum absolute atomic E-state index is 12.8. The van der Waals surface area contributed by atoms with Crippen molar-refractivity contribution in [3.05, 3.63) is 22.2 Å². The van der Waals surface area contributed by atoms with Crippen molar-refractivity contribution >= 4 is 29.1 Å². The van der Waals surface area contributed by atoms with E-state index in [1.54, 1.807) is 25.1 Å². The van der Waals surface area contributed by atoms with Gasteiger partial charge in [-0.25, -0.2) is 0 Å². The number of aliphatic hydroxyl groups is 1. The molecule has 0 aromatic rings. The zero-order valence-electron chi connectivity index (χ0n) is 13.0. The molecular weight excluding hydrogens is 309 g/mol. The highest BCUT2D eigenvalue weighted by Crippen LogP contribution is 2.45. The number of hydrogen-bond acceptors (Lipinski definition) is 2. The highest BCUT2D eigenvalue weighted by atomic mass is 35.5. The minimum Gasteiger partial charge on any atom is -0.396 e. The van der Waals surface area contributed by atoms with E-state index in [4.69, 9.17) is 23.2 Å². The van der Waals surface area contributed by atoms with Crippen molar-refractivity contribution in [1.82, 2.24) is 4.90 Å². The standard InChI is InChI=1S/C16H25Cl2NO2/c1-4-5-8-16(9-10-20,15(21)19(2)3)12-6-7-13(17)14(18)11-12/h6-7,12,20H,4-5,8-11H2,1-3H3/t12?,16-/m0/s1. The maximum Gasteiger partial charge on any atom is 0.228 e. The van der Waals surface area contributed by atoms with Crippen LogP contribution in [-0.4, -0.2) is 36.6 Å². The van der Waals surface area contributed by atoms with Gasteiger partial charge in [-0.15, -0.1) is 0 Å². The van der Waals surface area contributed by atoms with Crippen molar-refractivity contribution in [2.75, 3.05) is 20.7 Å². The summed E-state index contributed by atoms with van der Waals surface area (Å²) in [5, 5.41) is 10.6. The first-order valence-electron chi connectivity index (χ1n) is 7.44. The van der Waals surface area contributed by atoms with E-state index in [-0.39, 0.29) is 18.4 Å². The molecule has 120 valence electrons. The molecule has 2 atom stereocenters. The van der Waals surface area contributed by atoms with Gasteiger partial charge in [-0.3, -0.25) is 4.79 Å². The van der Waals surface area contributed by atoms with Gasteiger partial charge in [0, 0.05) is 25.7 Å². The molecule has 0 bridgehead atoms. The minimum atomic E-state index is -0.609. The van der Waals surface area contributed by atoms with E-state index in [1.807, 2.05) is 6.08 Å². The topological polar surface area (TPSA) is 40.5 Å². The van der Waals surface area contributed by atoms with Gasteiger partial charge in [-0.1, -0.05) is 49.0 Å². The van der Waals surface area contributed by atoms with Gasteiger partial charge in [0.05, 0.1) is 10.4 Å². The SMILES string of the molecule is CCCC[C@@](CCO)(C(=O)N(C)C)C1C=CC(Cl)=C(Cl)C1. The second-order valence-corrected chi connectivity index (χ2v) is 6.72. The van der Waals surface area contributed by atoms with Crippen LogP contribution < -0.4 is 0 Å². The summed E-state index contributed by atoms with van der Waals surface area (Å²) in [6.45, 7) is 2.09. The monoisotopic (exact) mass is 333 g/mol. The summed E-state index contributed by atoms with van der Waals surface area (Å²) in [5.74, 6) is 0.0308. The smallest absolute Gasteiger partial charge is 0.228 e. The van der Waals surface area contributed by atoms with Crippen LogP contribution in [0.4, 0.5) is 0 Å². The molecule has 3 nitrogen and oxygen atoms in total. The third kappa shape index (κ3) is 4.24. The zero-order valence-corrected chi connectivity index (χ0v) is 14.5. The zero-order chi connectivity index (χ0) is 16.0. The van der Waals surface area contributed by atoms with Crippen LogP contribution in [0.15, 0.2) is 22.2 Å². The van der Waals surface area contributed by atoms with Crippen LogP contribution in [0.1, 0.15) is 39.0 Å². The van der Waals surface area contributed by atoms with E-state index in [0.29, 0.717) is 22.9 Å². The molecule has 0 saturated heterocycles. The van der Waals surface area contributed by atoms with Crippen LogP contribution in [0.2, 0.25) is 0 Å². The van der Waals surface area contributed by atoms with Crippen molar-refractivity contribution < 1.29 is 9.90 Å². The Morgan fingerprint density at radius 2 is 2.10 bits per heavy atom. The fraction of sp³-hybridized carbons (Fsp3) is 0.688. The molecule has 21 heavy (non-hydrogen) atoms. The second-order valence-electron chi connectivity index (χ2n) is 5.86. The lowest BCUT2D eigenvalue weighted by atomic mass is 9.66. The number of carbonyl (C=O) groups excluding carboxylic acids is 1. The molecule has 0 aromatic heterocycles. The lowest BCUT2D eigenvalue weighted by Gasteiger charge is -2.41. The average molecular weight is 334 g/mol. The number of amides is 1. The van der Waals surface area contributed by atoms with Crippen molar-refractivity contribution in [3.8, 4) is 0 Å². The molecule has 0 saturated carbocycles. The molecule has 1 rings (SSSR count). The number of halogens is 2. The quantitative estimate of drug-likeness (QED) is 0.767. The van der Waals surface area contributed by atoms with E-state index in [9.17, 15) is 9.90 Å². The van der Waals surface area contributed by atoms with Gasteiger partial charge < -0.3 is 10.0 Å². The lowest BCUT2D eigenvalue weighted by Crippen LogP contribution is -2.46. The summed E-state index contributed by atoms with van der Waals surface area (Å²) in [5.41, 5.74) is -0.609. The predicted octanol–water partition coefficient (Wildman–Crippen LogP) is 3.90. The Labute approximate surface area is 137 Å². The minimum absolute atomic E-state index is 0.0112. The molecule has 1 aliphatic carbocycles. The van der Waals surface area contributed by atoms with E-state index in [1.165, 1.54) is 0 Å². The van der Waals surface area contributed by atoms with E-state index in [0.717, 1.165) is 19.3 Å². The van der Waals surface area contributed by atoms with Crippen molar-refractivity contribution in [1.29, 1.82) is 0 Å². The second kappa shape index (κ2) is 8.21. The first-order chi connectivity index (χ1) is 9.89. The number of unbranched alkanes of at least 4 members (excludes halogenated alkanes) is 1. The molecular formula is C16H25Cl2NO2. The molecule has 1 N–H and O–H groups in total. The fourth-order valence-electron chi connectivity index (χ4n) is 3.03. The Morgan fingerprint density at radius 3 is 2.57 bits per heavy atom. The third-order valence-corrected chi connectivity index (χ3v) is 5.02. The summed E-state index contributed by atoms with van der Waals surface area (Å²) < 4.78 is 0. The number of rotatable bonds is 7. The summed E-state index contributed by atoms with van der Waals surface area (Å²) in [4.78, 5) is 14.5. The molecule has 0 aliphatic heterocycles. The molecule has 0 heterocycles. The molecule has 5 heteroatoms. The van der Waals surface area contributed by atoms with Crippen LogP contribution in [-0.2, 0) is 4.79 Å². The number of hydrogen-bond donors (Lipinski definition) is 1. The normalized spacial score (nSPS) is 21.3. The molecule has 0 aromatic carbocycles. The van der Waals surface area contributed by atoms with Crippen molar-refractivity contribution in [2.45, 2.75) is 39.0 Å². The van der Waals surface area contributed by atoms with Crippen molar-refractivity contribution in [3.63, 3.8) is 0 Å². The Hall–Kier alpha value is -0.510. The van der Waals surface area contributed by atoms with E-state index < -0.39 is 5.41 Å². The van der Waals surface area contributed by atoms with Gasteiger partial charge in [-0.05, 0) is 31.3 Å². The Morgan fingerprint density at radius 1 is 1.43 bits per heavy atom. The van der Waals surface area contributed by atoms with Crippen LogP contribution in [0.3, 0.4) is 0 Å². The van der Waals surface area contributed by atoms with E-state index >= 15 is 0 Å². The van der Waals surface area contributed by atoms with Gasteiger partial charge in [0.2, 0.25) is 5.91 Å². The highest BCUT2D eigenvalue weighted by Gasteiger charge is 2.45. The van der Waals surface area contributed by atoms with Crippen molar-refractivity contribution in [2.24, 2.45) is 11.3 Å². The molecule has 1 amide bonds. The molecule has 0 spiro atoms. The molecule has 0 radical (unpaired) electrons. The number of aliphatic hydroxyl groups excluding tert-OH is 1. The van der Waals surface area contributed by atoms with Crippen LogP contribution in [0, 0.1) is 11.3 Å². The number of allylic oxidation sites excluding steroid dienone is 4. The third-order valence-electron chi connectivity index (χ3n) is 4.21. The lowest BCUT2D eigenvalue weighted by molar-refractivity contribution is -0.144. The largest absolute Gasteiger partial charge is 0.396 e. The molecule has 0 fully saturated rings. The summed E-state index contributed by atoms with van der Waals surface area (Å²) >= 11 is 12.2. The number of carbonyl (C=O) groups is 1. The first-order valence-corrected chi connectivity index (χ1v) is 8.19. The average Bonchev–Trinajstić information content (AvgIpc) is 2.45. The van der Waals surface area contributed by atoms with Gasteiger partial charge in [0.1, 0.15) is 0 Å². The van der Waals surface area contributed by atoms with Gasteiger partial charge in [0.15, 0.2) is 0 Å². The highest BCUT2D eigenvalue weighted by molar-refractivity contribution is 6.40. The van der Waals surface area contributed by atoms with E-state index in [2.05, 4.69) is 6.92 Å².